The van der Waals surface area contributed by atoms with Crippen LogP contribution in [-0.2, 0) is 4.79 Å². The number of likely N-dealkylation sites (tertiary alicyclic amines) is 1. The van der Waals surface area contributed by atoms with E-state index in [9.17, 15) is 4.79 Å². The number of methoxy groups -OCH3 is 1. The fraction of sp³-hybridized carbons (Fsp3) is 0.412. The van der Waals surface area contributed by atoms with Crippen molar-refractivity contribution in [2.24, 2.45) is 0 Å². The number of carbonyl (C=O) groups is 1. The Hall–Kier alpha value is -1.92. The molecule has 2 heterocycles. The molecule has 0 aliphatic carbocycles. The second kappa shape index (κ2) is 7.10. The third kappa shape index (κ3) is 3.71. The highest BCUT2D eigenvalue weighted by molar-refractivity contribution is 7.80. The van der Waals surface area contributed by atoms with Crippen molar-refractivity contribution < 1.29 is 9.53 Å². The van der Waals surface area contributed by atoms with E-state index in [0.29, 0.717) is 17.5 Å². The summed E-state index contributed by atoms with van der Waals surface area (Å²) in [4.78, 5) is 16.5. The lowest BCUT2D eigenvalue weighted by atomic mass is 10.1. The molecule has 23 heavy (non-hydrogen) atoms. The van der Waals surface area contributed by atoms with Crippen molar-refractivity contribution in [3.63, 3.8) is 0 Å². The Morgan fingerprint density at radius 3 is 2.57 bits per heavy atom. The van der Waals surface area contributed by atoms with Gasteiger partial charge in [-0.25, -0.2) is 0 Å². The van der Waals surface area contributed by atoms with E-state index in [1.54, 1.807) is 12.0 Å². The summed E-state index contributed by atoms with van der Waals surface area (Å²) in [6, 6.07) is 7.57. The summed E-state index contributed by atoms with van der Waals surface area (Å²) in [7, 11) is 1.63. The van der Waals surface area contributed by atoms with Gasteiger partial charge in [0, 0.05) is 0 Å². The zero-order valence-corrected chi connectivity index (χ0v) is 14.1. The van der Waals surface area contributed by atoms with Gasteiger partial charge in [-0.15, -0.1) is 0 Å². The first-order valence-electron chi connectivity index (χ1n) is 7.88. The molecule has 1 N–H and O–H groups in total. The maximum absolute atomic E-state index is 12.6. The average Bonchev–Trinajstić information content (AvgIpc) is 2.84. The highest BCUT2D eigenvalue weighted by atomic mass is 32.1. The molecule has 1 aromatic rings. The van der Waals surface area contributed by atoms with Crippen LogP contribution < -0.4 is 10.1 Å². The Bertz CT molecular complexity index is 621. The molecule has 3 rings (SSSR count). The molecule has 1 amide bonds. The van der Waals surface area contributed by atoms with E-state index < -0.39 is 0 Å². The minimum atomic E-state index is -0.0589. The van der Waals surface area contributed by atoms with Crippen LogP contribution in [0, 0.1) is 0 Å². The number of piperidine rings is 1. The summed E-state index contributed by atoms with van der Waals surface area (Å²) in [5, 5.41) is 3.52. The second-order valence-corrected chi connectivity index (χ2v) is 6.20. The van der Waals surface area contributed by atoms with Gasteiger partial charge in [-0.2, -0.15) is 0 Å². The molecule has 0 spiro atoms. The van der Waals surface area contributed by atoms with E-state index in [0.717, 1.165) is 24.4 Å². The Morgan fingerprint density at radius 2 is 1.91 bits per heavy atom. The number of rotatable bonds is 4. The van der Waals surface area contributed by atoms with Crippen LogP contribution in [0.2, 0.25) is 0 Å². The topological polar surface area (TPSA) is 44.8 Å². The largest absolute Gasteiger partial charge is 0.497 e. The number of hydrogen-bond acceptors (Lipinski definition) is 4. The molecular formula is C17H21N3O2S. The first-order chi connectivity index (χ1) is 11.2. The Labute approximate surface area is 141 Å². The van der Waals surface area contributed by atoms with Crippen molar-refractivity contribution in [1.29, 1.82) is 0 Å². The van der Waals surface area contributed by atoms with Crippen molar-refractivity contribution in [3.05, 3.63) is 35.5 Å². The molecule has 2 aliphatic heterocycles. The lowest BCUT2D eigenvalue weighted by Gasteiger charge is -2.29. The van der Waals surface area contributed by atoms with E-state index in [4.69, 9.17) is 17.0 Å². The molecule has 0 unspecified atom stereocenters. The molecule has 122 valence electrons. The number of nitrogens with one attached hydrogen (secondary N) is 1. The van der Waals surface area contributed by atoms with E-state index in [-0.39, 0.29) is 5.91 Å². The van der Waals surface area contributed by atoms with E-state index in [1.165, 1.54) is 19.3 Å². The zero-order chi connectivity index (χ0) is 16.2. The van der Waals surface area contributed by atoms with Gasteiger partial charge in [-0.1, -0.05) is 18.6 Å². The van der Waals surface area contributed by atoms with Crippen LogP contribution in [0.5, 0.6) is 5.75 Å². The van der Waals surface area contributed by atoms with Gasteiger partial charge in [-0.3, -0.25) is 14.6 Å². The predicted molar refractivity (Wildman–Crippen MR) is 93.8 cm³/mol. The monoisotopic (exact) mass is 331 g/mol. The molecular weight excluding hydrogens is 310 g/mol. The van der Waals surface area contributed by atoms with Gasteiger partial charge < -0.3 is 10.1 Å². The Balaban J connectivity index is 1.70. The van der Waals surface area contributed by atoms with Gasteiger partial charge in [0.25, 0.3) is 5.91 Å². The third-order valence-electron chi connectivity index (χ3n) is 4.18. The second-order valence-electron chi connectivity index (χ2n) is 5.81. The van der Waals surface area contributed by atoms with Crippen LogP contribution in [0.1, 0.15) is 24.8 Å². The molecule has 0 radical (unpaired) electrons. The number of ether oxygens (including phenoxy) is 1. The van der Waals surface area contributed by atoms with Crippen molar-refractivity contribution >= 4 is 29.3 Å². The molecule has 0 atom stereocenters. The quantitative estimate of drug-likeness (QED) is 0.677. The number of nitrogens with zero attached hydrogens (tertiary/aromatic N) is 2. The molecule has 0 aromatic heterocycles. The average molecular weight is 331 g/mol. The summed E-state index contributed by atoms with van der Waals surface area (Å²) in [5.74, 6) is 0.733. The van der Waals surface area contributed by atoms with Gasteiger partial charge in [-0.05, 0) is 61.9 Å². The molecule has 2 saturated heterocycles. The molecule has 6 heteroatoms. The smallest absolute Gasteiger partial charge is 0.277 e. The van der Waals surface area contributed by atoms with Crippen molar-refractivity contribution in [2.45, 2.75) is 19.3 Å². The van der Waals surface area contributed by atoms with Crippen LogP contribution in [0.25, 0.3) is 6.08 Å². The molecule has 2 aliphatic rings. The first kappa shape index (κ1) is 16.0. The fourth-order valence-corrected chi connectivity index (χ4v) is 3.12. The van der Waals surface area contributed by atoms with E-state index in [2.05, 4.69) is 10.2 Å². The predicted octanol–water partition coefficient (Wildman–Crippen LogP) is 2.20. The maximum Gasteiger partial charge on any atom is 0.277 e. The van der Waals surface area contributed by atoms with Crippen LogP contribution >= 0.6 is 12.2 Å². The van der Waals surface area contributed by atoms with Gasteiger partial charge >= 0.3 is 0 Å². The summed E-state index contributed by atoms with van der Waals surface area (Å²) in [6.07, 6.45) is 5.48. The van der Waals surface area contributed by atoms with Crippen LogP contribution in [0.15, 0.2) is 30.0 Å². The summed E-state index contributed by atoms with van der Waals surface area (Å²) >= 11 is 5.33. The number of hydrogen-bond donors (Lipinski definition) is 1. The molecule has 5 nitrogen and oxygen atoms in total. The van der Waals surface area contributed by atoms with Gasteiger partial charge in [0.05, 0.1) is 13.8 Å². The van der Waals surface area contributed by atoms with Crippen molar-refractivity contribution in [2.75, 3.05) is 26.9 Å². The van der Waals surface area contributed by atoms with Crippen molar-refractivity contribution in [3.8, 4) is 5.75 Å². The fourth-order valence-electron chi connectivity index (χ4n) is 2.87. The standard InChI is InChI=1S/C17H21N3O2S/c1-22-14-7-5-13(6-8-14)11-15-16(21)20(17(23)18-15)12-19-9-3-2-4-10-19/h5-8,11H,2-4,9-10,12H2,1H3,(H,18,23). The van der Waals surface area contributed by atoms with Crippen LogP contribution in [0.4, 0.5) is 0 Å². The highest BCUT2D eigenvalue weighted by Crippen LogP contribution is 2.18. The van der Waals surface area contributed by atoms with Crippen LogP contribution in [-0.4, -0.2) is 47.7 Å². The lowest BCUT2D eigenvalue weighted by molar-refractivity contribution is -0.123. The first-order valence-corrected chi connectivity index (χ1v) is 8.29. The maximum atomic E-state index is 12.6. The Morgan fingerprint density at radius 1 is 1.22 bits per heavy atom. The minimum absolute atomic E-state index is 0.0589. The molecule has 0 saturated carbocycles. The number of benzene rings is 1. The summed E-state index contributed by atoms with van der Waals surface area (Å²) < 4.78 is 5.14. The molecule has 2 fully saturated rings. The summed E-state index contributed by atoms with van der Waals surface area (Å²) in [5.41, 5.74) is 1.46. The minimum Gasteiger partial charge on any atom is -0.497 e. The highest BCUT2D eigenvalue weighted by Gasteiger charge is 2.32. The van der Waals surface area contributed by atoms with E-state index in [1.807, 2.05) is 30.3 Å². The van der Waals surface area contributed by atoms with E-state index >= 15 is 0 Å². The number of thiocarbonyl (C=S) groups is 1. The SMILES string of the molecule is COc1ccc(C=C2NC(=S)N(CN3CCCCC3)C2=O)cc1. The number of carbonyl (C=O) groups excluding carboxylic acids is 1. The lowest BCUT2D eigenvalue weighted by Crippen LogP contribution is -2.43. The van der Waals surface area contributed by atoms with Gasteiger partial charge in [0.15, 0.2) is 5.11 Å². The number of amides is 1. The molecule has 1 aromatic carbocycles. The van der Waals surface area contributed by atoms with Crippen LogP contribution in [0.3, 0.4) is 0 Å². The Kier molecular flexibility index (Phi) is 4.93. The van der Waals surface area contributed by atoms with Crippen molar-refractivity contribution in [1.82, 2.24) is 15.1 Å². The normalized spacial score (nSPS) is 20.9. The zero-order valence-electron chi connectivity index (χ0n) is 13.2. The van der Waals surface area contributed by atoms with Gasteiger partial charge in [0.1, 0.15) is 11.4 Å². The molecule has 0 bridgehead atoms. The third-order valence-corrected chi connectivity index (χ3v) is 4.50. The van der Waals surface area contributed by atoms with Gasteiger partial charge in [0.2, 0.25) is 0 Å². The summed E-state index contributed by atoms with van der Waals surface area (Å²) in [6.45, 7) is 2.64.